The van der Waals surface area contributed by atoms with Gasteiger partial charge in [-0.15, -0.1) is 10.2 Å². The van der Waals surface area contributed by atoms with Crippen LogP contribution in [-0.4, -0.2) is 29.3 Å². The Morgan fingerprint density at radius 2 is 1.77 bits per heavy atom. The SMILES string of the molecule is CCOc1ccc(CCC(=O)Nc2nnc(SCc3ccccc3)s2)cc1OCC. The van der Waals surface area contributed by atoms with Crippen LogP contribution in [0.25, 0.3) is 0 Å². The first kappa shape index (κ1) is 22.1. The van der Waals surface area contributed by atoms with Crippen LogP contribution in [0.1, 0.15) is 31.4 Å². The minimum atomic E-state index is -0.0856. The van der Waals surface area contributed by atoms with E-state index in [0.29, 0.717) is 36.9 Å². The number of amides is 1. The number of aromatic nitrogens is 2. The smallest absolute Gasteiger partial charge is 0.226 e. The summed E-state index contributed by atoms with van der Waals surface area (Å²) < 4.78 is 12.1. The van der Waals surface area contributed by atoms with Gasteiger partial charge in [0.2, 0.25) is 11.0 Å². The van der Waals surface area contributed by atoms with Crippen molar-refractivity contribution in [2.24, 2.45) is 0 Å². The van der Waals surface area contributed by atoms with E-state index in [2.05, 4.69) is 27.6 Å². The molecule has 0 unspecified atom stereocenters. The Morgan fingerprint density at radius 1 is 1.00 bits per heavy atom. The zero-order chi connectivity index (χ0) is 21.2. The Morgan fingerprint density at radius 3 is 2.53 bits per heavy atom. The molecule has 0 aliphatic heterocycles. The predicted octanol–water partition coefficient (Wildman–Crippen LogP) is 5.20. The quantitative estimate of drug-likeness (QED) is 0.324. The number of nitrogens with zero attached hydrogens (tertiary/aromatic N) is 2. The van der Waals surface area contributed by atoms with Gasteiger partial charge in [-0.25, -0.2) is 0 Å². The summed E-state index contributed by atoms with van der Waals surface area (Å²) in [6.45, 7) is 5.01. The van der Waals surface area contributed by atoms with Gasteiger partial charge in [0, 0.05) is 12.2 Å². The summed E-state index contributed by atoms with van der Waals surface area (Å²) in [5.74, 6) is 2.17. The van der Waals surface area contributed by atoms with Crippen LogP contribution < -0.4 is 14.8 Å². The number of anilines is 1. The highest BCUT2D eigenvalue weighted by atomic mass is 32.2. The number of nitrogens with one attached hydrogen (secondary N) is 1. The number of aryl methyl sites for hydroxylation is 1. The summed E-state index contributed by atoms with van der Waals surface area (Å²) in [6, 6.07) is 16.0. The van der Waals surface area contributed by atoms with Crippen molar-refractivity contribution in [2.75, 3.05) is 18.5 Å². The minimum absolute atomic E-state index is 0.0856. The third kappa shape index (κ3) is 6.74. The lowest BCUT2D eigenvalue weighted by atomic mass is 10.1. The van der Waals surface area contributed by atoms with Crippen LogP contribution in [-0.2, 0) is 17.0 Å². The summed E-state index contributed by atoms with van der Waals surface area (Å²) in [5.41, 5.74) is 2.25. The average Bonchev–Trinajstić information content (AvgIpc) is 3.20. The predicted molar refractivity (Wildman–Crippen MR) is 122 cm³/mol. The molecular weight excluding hydrogens is 418 g/mol. The van der Waals surface area contributed by atoms with Crippen LogP contribution >= 0.6 is 23.1 Å². The van der Waals surface area contributed by atoms with E-state index in [-0.39, 0.29) is 5.91 Å². The first-order chi connectivity index (χ1) is 14.7. The zero-order valence-electron chi connectivity index (χ0n) is 17.1. The molecule has 0 saturated carbocycles. The first-order valence-corrected chi connectivity index (χ1v) is 11.7. The third-order valence-corrected chi connectivity index (χ3v) is 6.15. The Balaban J connectivity index is 1.49. The molecule has 1 heterocycles. The van der Waals surface area contributed by atoms with E-state index in [1.807, 2.05) is 50.2 Å². The Bertz CT molecular complexity index is 948. The number of carbonyl (C=O) groups is 1. The van der Waals surface area contributed by atoms with E-state index in [9.17, 15) is 4.79 Å². The molecule has 0 fully saturated rings. The van der Waals surface area contributed by atoms with Gasteiger partial charge in [0.1, 0.15) is 0 Å². The van der Waals surface area contributed by atoms with Crippen molar-refractivity contribution in [2.45, 2.75) is 36.8 Å². The molecule has 158 valence electrons. The molecule has 1 N–H and O–H groups in total. The molecule has 8 heteroatoms. The molecule has 3 rings (SSSR count). The molecule has 0 aliphatic rings. The normalized spacial score (nSPS) is 10.6. The standard InChI is InChI=1S/C22H25N3O3S2/c1-3-27-18-12-10-16(14-19(18)28-4-2)11-13-20(26)23-21-24-25-22(30-21)29-15-17-8-6-5-7-9-17/h5-10,12,14H,3-4,11,13,15H2,1-2H3,(H,23,24,26). The lowest BCUT2D eigenvalue weighted by Crippen LogP contribution is -2.12. The molecule has 0 aliphatic carbocycles. The van der Waals surface area contributed by atoms with Gasteiger partial charge in [-0.1, -0.05) is 59.5 Å². The summed E-state index contributed by atoms with van der Waals surface area (Å²) in [6.07, 6.45) is 0.957. The van der Waals surface area contributed by atoms with Gasteiger partial charge in [-0.3, -0.25) is 4.79 Å². The summed E-state index contributed by atoms with van der Waals surface area (Å²) >= 11 is 3.00. The maximum absolute atomic E-state index is 12.3. The van der Waals surface area contributed by atoms with Gasteiger partial charge >= 0.3 is 0 Å². The van der Waals surface area contributed by atoms with Crippen molar-refractivity contribution in [3.05, 3.63) is 59.7 Å². The summed E-state index contributed by atoms with van der Waals surface area (Å²) in [4.78, 5) is 12.3. The van der Waals surface area contributed by atoms with E-state index in [1.54, 1.807) is 11.8 Å². The third-order valence-electron chi connectivity index (χ3n) is 4.11. The second-order valence-electron chi connectivity index (χ2n) is 6.34. The van der Waals surface area contributed by atoms with Crippen LogP contribution in [0.2, 0.25) is 0 Å². The highest BCUT2D eigenvalue weighted by Crippen LogP contribution is 2.30. The van der Waals surface area contributed by atoms with Gasteiger partial charge < -0.3 is 14.8 Å². The van der Waals surface area contributed by atoms with Crippen molar-refractivity contribution in [3.63, 3.8) is 0 Å². The summed E-state index contributed by atoms with van der Waals surface area (Å²) in [7, 11) is 0. The zero-order valence-corrected chi connectivity index (χ0v) is 18.7. The van der Waals surface area contributed by atoms with Gasteiger partial charge in [-0.2, -0.15) is 0 Å². The largest absolute Gasteiger partial charge is 0.490 e. The van der Waals surface area contributed by atoms with Gasteiger partial charge in [-0.05, 0) is 43.5 Å². The Labute approximate surface area is 185 Å². The highest BCUT2D eigenvalue weighted by Gasteiger charge is 2.11. The highest BCUT2D eigenvalue weighted by molar-refractivity contribution is 8.00. The van der Waals surface area contributed by atoms with Crippen molar-refractivity contribution in [1.29, 1.82) is 0 Å². The average molecular weight is 444 g/mol. The molecule has 0 bridgehead atoms. The number of hydrogen-bond donors (Lipinski definition) is 1. The summed E-state index contributed by atoms with van der Waals surface area (Å²) in [5, 5.41) is 11.6. The van der Waals surface area contributed by atoms with Crippen molar-refractivity contribution in [1.82, 2.24) is 10.2 Å². The van der Waals surface area contributed by atoms with E-state index in [1.165, 1.54) is 16.9 Å². The van der Waals surface area contributed by atoms with E-state index < -0.39 is 0 Å². The molecule has 3 aromatic rings. The van der Waals surface area contributed by atoms with Crippen LogP contribution in [0.4, 0.5) is 5.13 Å². The fourth-order valence-corrected chi connectivity index (χ4v) is 4.45. The minimum Gasteiger partial charge on any atom is -0.490 e. The number of benzene rings is 2. The second kappa shape index (κ2) is 11.6. The van der Waals surface area contributed by atoms with Crippen molar-refractivity contribution < 1.29 is 14.3 Å². The lowest BCUT2D eigenvalue weighted by molar-refractivity contribution is -0.116. The molecule has 0 radical (unpaired) electrons. The van der Waals surface area contributed by atoms with Crippen LogP contribution in [0.3, 0.4) is 0 Å². The molecule has 30 heavy (non-hydrogen) atoms. The van der Waals surface area contributed by atoms with E-state index >= 15 is 0 Å². The monoisotopic (exact) mass is 443 g/mol. The molecular formula is C22H25N3O3S2. The molecule has 1 aromatic heterocycles. The Kier molecular flexibility index (Phi) is 8.53. The molecule has 6 nitrogen and oxygen atoms in total. The van der Waals surface area contributed by atoms with E-state index in [4.69, 9.17) is 9.47 Å². The van der Waals surface area contributed by atoms with E-state index in [0.717, 1.165) is 21.4 Å². The lowest BCUT2D eigenvalue weighted by Gasteiger charge is -2.12. The number of hydrogen-bond acceptors (Lipinski definition) is 7. The van der Waals surface area contributed by atoms with Gasteiger partial charge in [0.05, 0.1) is 13.2 Å². The maximum Gasteiger partial charge on any atom is 0.226 e. The number of rotatable bonds is 11. The van der Waals surface area contributed by atoms with Crippen LogP contribution in [0.15, 0.2) is 52.9 Å². The van der Waals surface area contributed by atoms with Crippen LogP contribution in [0.5, 0.6) is 11.5 Å². The molecule has 0 saturated heterocycles. The van der Waals surface area contributed by atoms with Crippen molar-refractivity contribution in [3.8, 4) is 11.5 Å². The number of carbonyl (C=O) groups excluding carboxylic acids is 1. The Hall–Kier alpha value is -2.58. The number of thioether (sulfide) groups is 1. The topological polar surface area (TPSA) is 73.3 Å². The van der Waals surface area contributed by atoms with Crippen molar-refractivity contribution >= 4 is 34.1 Å². The maximum atomic E-state index is 12.3. The molecule has 1 amide bonds. The molecule has 2 aromatic carbocycles. The fraction of sp³-hybridized carbons (Fsp3) is 0.318. The molecule has 0 atom stereocenters. The first-order valence-electron chi connectivity index (χ1n) is 9.86. The van der Waals surface area contributed by atoms with Crippen LogP contribution in [0, 0.1) is 0 Å². The number of ether oxygens (including phenoxy) is 2. The van der Waals surface area contributed by atoms with Gasteiger partial charge in [0.25, 0.3) is 0 Å². The second-order valence-corrected chi connectivity index (χ2v) is 8.54. The molecule has 0 spiro atoms. The van der Waals surface area contributed by atoms with Gasteiger partial charge in [0.15, 0.2) is 15.8 Å². The fourth-order valence-electron chi connectivity index (χ4n) is 2.73.